The fraction of sp³-hybridized carbons (Fsp3) is 0.500. The van der Waals surface area contributed by atoms with Crippen molar-refractivity contribution < 1.29 is 4.74 Å². The lowest BCUT2D eigenvalue weighted by atomic mass is 10.1. The molecule has 2 aliphatic heterocycles. The Morgan fingerprint density at radius 3 is 2.15 bits per heavy atom. The molecule has 0 radical (unpaired) electrons. The molecule has 2 fully saturated rings. The van der Waals surface area contributed by atoms with Crippen LogP contribution in [0.3, 0.4) is 0 Å². The molecule has 1 aromatic carbocycles. The summed E-state index contributed by atoms with van der Waals surface area (Å²) in [6.45, 7) is 8.71. The molecule has 0 bridgehead atoms. The van der Waals surface area contributed by atoms with E-state index in [1.807, 2.05) is 0 Å². The lowest BCUT2D eigenvalue weighted by Gasteiger charge is -2.36. The first-order chi connectivity index (χ1) is 12.9. The Morgan fingerprint density at radius 2 is 1.46 bits per heavy atom. The molecule has 26 heavy (non-hydrogen) atoms. The number of piperazine rings is 1. The molecule has 1 aromatic heterocycles. The standard InChI is InChI=1S/C20H27N5O/c1-2-4-18(5-3-1)6-7-23-8-10-24(11-9-23)19-16-20(22-17-21-19)25-12-14-26-15-13-25/h1-5,16-17H,6-15H2. The summed E-state index contributed by atoms with van der Waals surface area (Å²) in [5.74, 6) is 2.06. The number of anilines is 2. The molecule has 138 valence electrons. The van der Waals surface area contributed by atoms with Gasteiger partial charge in [-0.25, -0.2) is 9.97 Å². The van der Waals surface area contributed by atoms with Crippen molar-refractivity contribution in [3.05, 3.63) is 48.3 Å². The zero-order chi connectivity index (χ0) is 17.6. The summed E-state index contributed by atoms with van der Waals surface area (Å²) in [5.41, 5.74) is 1.42. The molecule has 0 N–H and O–H groups in total. The number of nitrogens with zero attached hydrogens (tertiary/aromatic N) is 5. The molecular weight excluding hydrogens is 326 g/mol. The maximum atomic E-state index is 5.43. The summed E-state index contributed by atoms with van der Waals surface area (Å²) < 4.78 is 5.43. The predicted molar refractivity (Wildman–Crippen MR) is 104 cm³/mol. The van der Waals surface area contributed by atoms with Crippen molar-refractivity contribution in [2.75, 3.05) is 68.8 Å². The second kappa shape index (κ2) is 8.47. The largest absolute Gasteiger partial charge is 0.378 e. The summed E-state index contributed by atoms with van der Waals surface area (Å²) in [5, 5.41) is 0. The Kier molecular flexibility index (Phi) is 5.62. The highest BCUT2D eigenvalue weighted by Gasteiger charge is 2.19. The fourth-order valence-electron chi connectivity index (χ4n) is 3.61. The van der Waals surface area contributed by atoms with Crippen molar-refractivity contribution in [3.8, 4) is 0 Å². The summed E-state index contributed by atoms with van der Waals surface area (Å²) in [6, 6.07) is 12.9. The molecule has 0 atom stereocenters. The SMILES string of the molecule is c1ccc(CCN2CCN(c3cc(N4CCOCC4)ncn3)CC2)cc1. The molecule has 6 nitrogen and oxygen atoms in total. The quantitative estimate of drug-likeness (QED) is 0.815. The zero-order valence-corrected chi connectivity index (χ0v) is 15.3. The van der Waals surface area contributed by atoms with Crippen LogP contribution in [0.25, 0.3) is 0 Å². The minimum atomic E-state index is 0.777. The molecule has 2 saturated heterocycles. The molecule has 0 unspecified atom stereocenters. The van der Waals surface area contributed by atoms with Gasteiger partial charge in [0.1, 0.15) is 18.0 Å². The van der Waals surface area contributed by atoms with Crippen LogP contribution in [0.4, 0.5) is 11.6 Å². The van der Waals surface area contributed by atoms with Crippen molar-refractivity contribution in [2.45, 2.75) is 6.42 Å². The summed E-state index contributed by atoms with van der Waals surface area (Å²) >= 11 is 0. The van der Waals surface area contributed by atoms with Gasteiger partial charge in [0.2, 0.25) is 0 Å². The second-order valence-electron chi connectivity index (χ2n) is 6.90. The maximum absolute atomic E-state index is 5.43. The van der Waals surface area contributed by atoms with Crippen molar-refractivity contribution in [1.29, 1.82) is 0 Å². The number of hydrogen-bond donors (Lipinski definition) is 0. The van der Waals surface area contributed by atoms with Crippen molar-refractivity contribution in [1.82, 2.24) is 14.9 Å². The molecule has 3 heterocycles. The Morgan fingerprint density at radius 1 is 0.808 bits per heavy atom. The molecule has 2 aromatic rings. The molecular formula is C20H27N5O. The Bertz CT molecular complexity index is 682. The first-order valence-electron chi connectivity index (χ1n) is 9.54. The molecule has 0 aliphatic carbocycles. The number of morpholine rings is 1. The lowest BCUT2D eigenvalue weighted by Crippen LogP contribution is -2.47. The topological polar surface area (TPSA) is 44.7 Å². The fourth-order valence-corrected chi connectivity index (χ4v) is 3.61. The minimum Gasteiger partial charge on any atom is -0.378 e. The monoisotopic (exact) mass is 353 g/mol. The van der Waals surface area contributed by atoms with Crippen molar-refractivity contribution in [2.24, 2.45) is 0 Å². The van der Waals surface area contributed by atoms with Crippen molar-refractivity contribution in [3.63, 3.8) is 0 Å². The molecule has 4 rings (SSSR count). The van der Waals surface area contributed by atoms with Gasteiger partial charge >= 0.3 is 0 Å². The zero-order valence-electron chi connectivity index (χ0n) is 15.3. The highest BCUT2D eigenvalue weighted by molar-refractivity contribution is 5.50. The van der Waals surface area contributed by atoms with Crippen molar-refractivity contribution >= 4 is 11.6 Å². The van der Waals surface area contributed by atoms with E-state index in [9.17, 15) is 0 Å². The van der Waals surface area contributed by atoms with Crippen LogP contribution >= 0.6 is 0 Å². The third-order valence-corrected chi connectivity index (χ3v) is 5.23. The third kappa shape index (κ3) is 4.31. The van der Waals surface area contributed by atoms with Gasteiger partial charge in [-0.1, -0.05) is 30.3 Å². The molecule has 6 heteroatoms. The van der Waals surface area contributed by atoms with Gasteiger partial charge in [-0.05, 0) is 12.0 Å². The van der Waals surface area contributed by atoms with Crippen LogP contribution in [0.15, 0.2) is 42.7 Å². The van der Waals surface area contributed by atoms with E-state index in [0.717, 1.165) is 77.1 Å². The van der Waals surface area contributed by atoms with E-state index in [0.29, 0.717) is 0 Å². The van der Waals surface area contributed by atoms with Gasteiger partial charge in [0.05, 0.1) is 13.2 Å². The minimum absolute atomic E-state index is 0.777. The average molecular weight is 353 g/mol. The van der Waals surface area contributed by atoms with Gasteiger partial charge in [0.15, 0.2) is 0 Å². The Labute approximate surface area is 155 Å². The van der Waals surface area contributed by atoms with Crippen LogP contribution in [-0.4, -0.2) is 73.9 Å². The van der Waals surface area contributed by atoms with E-state index in [1.165, 1.54) is 5.56 Å². The Hall–Kier alpha value is -2.18. The van der Waals surface area contributed by atoms with Gasteiger partial charge in [-0.2, -0.15) is 0 Å². The van der Waals surface area contributed by atoms with Crippen LogP contribution in [0.2, 0.25) is 0 Å². The summed E-state index contributed by atoms with van der Waals surface area (Å²) in [4.78, 5) is 16.2. The highest BCUT2D eigenvalue weighted by Crippen LogP contribution is 2.20. The van der Waals surface area contributed by atoms with E-state index in [-0.39, 0.29) is 0 Å². The van der Waals surface area contributed by atoms with Gasteiger partial charge < -0.3 is 14.5 Å². The Balaban J connectivity index is 1.30. The van der Waals surface area contributed by atoms with Crippen LogP contribution < -0.4 is 9.80 Å². The van der Waals surface area contributed by atoms with Crippen LogP contribution in [-0.2, 0) is 11.2 Å². The number of hydrogen-bond acceptors (Lipinski definition) is 6. The average Bonchev–Trinajstić information content (AvgIpc) is 2.74. The van der Waals surface area contributed by atoms with Gasteiger partial charge in [0.25, 0.3) is 0 Å². The molecule has 0 spiro atoms. The number of aromatic nitrogens is 2. The van der Waals surface area contributed by atoms with E-state index < -0.39 is 0 Å². The molecule has 2 aliphatic rings. The number of ether oxygens (including phenoxy) is 1. The molecule has 0 amide bonds. The number of rotatable bonds is 5. The van der Waals surface area contributed by atoms with E-state index >= 15 is 0 Å². The first-order valence-corrected chi connectivity index (χ1v) is 9.54. The first kappa shape index (κ1) is 17.2. The maximum Gasteiger partial charge on any atom is 0.134 e. The normalized spacial score (nSPS) is 18.9. The van der Waals surface area contributed by atoms with Gasteiger partial charge in [-0.3, -0.25) is 4.90 Å². The van der Waals surface area contributed by atoms with Crippen LogP contribution in [0.1, 0.15) is 5.56 Å². The summed E-state index contributed by atoms with van der Waals surface area (Å²) in [6.07, 6.45) is 2.82. The molecule has 0 saturated carbocycles. The second-order valence-corrected chi connectivity index (χ2v) is 6.90. The van der Waals surface area contributed by atoms with Gasteiger partial charge in [-0.15, -0.1) is 0 Å². The van der Waals surface area contributed by atoms with Gasteiger partial charge in [0, 0.05) is 51.9 Å². The van der Waals surface area contributed by atoms with E-state index in [1.54, 1.807) is 6.33 Å². The number of benzene rings is 1. The predicted octanol–water partition coefficient (Wildman–Crippen LogP) is 1.68. The third-order valence-electron chi connectivity index (χ3n) is 5.23. The van der Waals surface area contributed by atoms with E-state index in [2.05, 4.69) is 61.1 Å². The summed E-state index contributed by atoms with van der Waals surface area (Å²) in [7, 11) is 0. The smallest absolute Gasteiger partial charge is 0.134 e. The lowest BCUT2D eigenvalue weighted by molar-refractivity contribution is 0.122. The van der Waals surface area contributed by atoms with E-state index in [4.69, 9.17) is 4.74 Å². The van der Waals surface area contributed by atoms with Crippen LogP contribution in [0, 0.1) is 0 Å². The van der Waals surface area contributed by atoms with Crippen LogP contribution in [0.5, 0.6) is 0 Å². The highest BCUT2D eigenvalue weighted by atomic mass is 16.5.